The van der Waals surface area contributed by atoms with E-state index in [0.29, 0.717) is 49.5 Å². The number of aliphatic hydroxyl groups is 2. The summed E-state index contributed by atoms with van der Waals surface area (Å²) in [6, 6.07) is 0. The Labute approximate surface area is 261 Å². The molecule has 5 fully saturated rings. The summed E-state index contributed by atoms with van der Waals surface area (Å²) < 4.78 is 6.98. The van der Waals surface area contributed by atoms with Gasteiger partial charge in [-0.2, -0.15) is 0 Å². The Balaban J connectivity index is 1.31. The molecule has 5 aliphatic carbocycles. The van der Waals surface area contributed by atoms with Crippen molar-refractivity contribution in [2.24, 2.45) is 57.1 Å². The fourth-order valence-electron chi connectivity index (χ4n) is 12.1. The van der Waals surface area contributed by atoms with Crippen LogP contribution in [-0.4, -0.2) is 79.8 Å². The molecule has 0 aromatic rings. The average Bonchev–Trinajstić information content (AvgIpc) is 3.39. The highest BCUT2D eigenvalue weighted by Gasteiger charge is 2.76. The van der Waals surface area contributed by atoms with Gasteiger partial charge in [-0.3, -0.25) is 4.90 Å². The van der Waals surface area contributed by atoms with Gasteiger partial charge in [-0.25, -0.2) is 4.99 Å². The Morgan fingerprint density at radius 3 is 2.75 bits per heavy atom. The third-order valence-corrected chi connectivity index (χ3v) is 13.8. The lowest BCUT2D eigenvalue weighted by atomic mass is 9.45. The molecule has 2 bridgehead atoms. The quantitative estimate of drug-likeness (QED) is 0.166. The van der Waals surface area contributed by atoms with E-state index in [1.807, 2.05) is 0 Å². The second kappa shape index (κ2) is 11.3. The number of allylic oxidation sites excluding steroid dienone is 4. The van der Waals surface area contributed by atoms with Crippen molar-refractivity contribution in [1.29, 1.82) is 0 Å². The van der Waals surface area contributed by atoms with Gasteiger partial charge < -0.3 is 35.9 Å². The standard InChI is InChI=1S/C35H52N4O5/c1-21-7-11-24-17-27-29(31(41)42)35(43,28-12-10-23-9-8-22-5-3-4-6-26(22)30(23)44-28)19-33(21,27)34(24)20-39(32(36)37-2)15-13-25(34)18-38-14-16-40/h3-6,21-26,28,30,38,40,43H,7-20H2,1-2H3,(H2,36,37)(H,41,42)/t21-,22+,23-,24-,25-,26+,28+,30+,33+,34-,35+/m1/s1. The molecule has 7 rings (SSSR count). The number of hydrogen-bond donors (Lipinski definition) is 5. The largest absolute Gasteiger partial charge is 0.545 e. The highest BCUT2D eigenvalue weighted by atomic mass is 16.5. The summed E-state index contributed by atoms with van der Waals surface area (Å²) in [5.41, 5.74) is 5.23. The van der Waals surface area contributed by atoms with E-state index in [1.165, 1.54) is 4.90 Å². The SMILES string of the molecule is CN=C(N)[NH+]1CC[C@H](CNCCO)[C@@]2(C1)[C@@H]1CC[C@@H](C)[C@]23C[C@](O)([C@@H]2CC[C@H]4CC[C@@H]5C=CC=C[C@@H]5[C@H]4O2)C(C(=O)[O-])=C3C1. The van der Waals surface area contributed by atoms with Crippen LogP contribution in [0.4, 0.5) is 0 Å². The number of carbonyl (C=O) groups is 1. The Bertz CT molecular complexity index is 1280. The summed E-state index contributed by atoms with van der Waals surface area (Å²) in [6.45, 7) is 5.27. The normalized spacial score (nSPS) is 47.9. The third kappa shape index (κ3) is 4.21. The first-order valence-electron chi connectivity index (χ1n) is 17.3. The summed E-state index contributed by atoms with van der Waals surface area (Å²) in [7, 11) is 1.74. The van der Waals surface area contributed by atoms with Crippen molar-refractivity contribution in [3.63, 3.8) is 0 Å². The molecule has 3 saturated carbocycles. The Morgan fingerprint density at radius 2 is 1.98 bits per heavy atom. The molecule has 44 heavy (non-hydrogen) atoms. The number of nitrogens with zero attached hydrogens (tertiary/aromatic N) is 1. The molecule has 0 aromatic carbocycles. The van der Waals surface area contributed by atoms with Crippen LogP contribution in [0.2, 0.25) is 0 Å². The number of hydrogen-bond acceptors (Lipinski definition) is 7. The number of rotatable bonds is 6. The lowest BCUT2D eigenvalue weighted by Crippen LogP contribution is -3.19. The van der Waals surface area contributed by atoms with Gasteiger partial charge in [0.15, 0.2) is 0 Å². The summed E-state index contributed by atoms with van der Waals surface area (Å²) in [4.78, 5) is 18.9. The highest BCUT2D eigenvalue weighted by molar-refractivity contribution is 5.90. The minimum absolute atomic E-state index is 0.0141. The number of aliphatic carboxylic acids is 1. The number of ether oxygens (including phenoxy) is 1. The number of carboxylic acid groups (broad SMARTS) is 1. The molecule has 242 valence electrons. The Hall–Kier alpha value is -2.04. The lowest BCUT2D eigenvalue weighted by Gasteiger charge is -2.61. The fraction of sp³-hybridized carbons (Fsp3) is 0.771. The molecule has 0 amide bonds. The van der Waals surface area contributed by atoms with E-state index >= 15 is 0 Å². The predicted molar refractivity (Wildman–Crippen MR) is 165 cm³/mol. The summed E-state index contributed by atoms with van der Waals surface area (Å²) in [5, 5.41) is 39.3. The number of nitrogens with one attached hydrogen (secondary N) is 2. The lowest BCUT2D eigenvalue weighted by molar-refractivity contribution is -0.828. The van der Waals surface area contributed by atoms with Crippen molar-refractivity contribution in [3.8, 4) is 0 Å². The van der Waals surface area contributed by atoms with Gasteiger partial charge in [-0.15, -0.1) is 0 Å². The smallest absolute Gasteiger partial charge is 0.293 e. The second-order valence-corrected chi connectivity index (χ2v) is 15.2. The van der Waals surface area contributed by atoms with Crippen molar-refractivity contribution in [2.75, 3.05) is 39.8 Å². The Kier molecular flexibility index (Phi) is 7.88. The number of carboxylic acids is 1. The molecular formula is C35H52N4O5. The zero-order chi connectivity index (χ0) is 30.9. The number of guanidine groups is 1. The molecule has 0 radical (unpaired) electrons. The molecule has 7 aliphatic rings. The molecular weight excluding hydrogens is 556 g/mol. The summed E-state index contributed by atoms with van der Waals surface area (Å²) in [6.07, 6.45) is 16.1. The second-order valence-electron chi connectivity index (χ2n) is 15.2. The molecule has 6 N–H and O–H groups in total. The number of fused-ring (bicyclic) bond motifs is 3. The molecule has 12 atom stereocenters. The van der Waals surface area contributed by atoms with Crippen LogP contribution in [0.15, 0.2) is 40.4 Å². The molecule has 2 heterocycles. The van der Waals surface area contributed by atoms with E-state index in [-0.39, 0.29) is 41.5 Å². The van der Waals surface area contributed by atoms with Gasteiger partial charge in [0, 0.05) is 42.3 Å². The van der Waals surface area contributed by atoms with Crippen LogP contribution in [0, 0.1) is 46.3 Å². The van der Waals surface area contributed by atoms with Crippen molar-refractivity contribution >= 4 is 11.9 Å². The zero-order valence-corrected chi connectivity index (χ0v) is 26.5. The van der Waals surface area contributed by atoms with Crippen LogP contribution in [0.5, 0.6) is 0 Å². The minimum atomic E-state index is -1.60. The van der Waals surface area contributed by atoms with Crippen LogP contribution in [-0.2, 0) is 9.53 Å². The molecule has 9 nitrogen and oxygen atoms in total. The van der Waals surface area contributed by atoms with Crippen molar-refractivity contribution in [2.45, 2.75) is 82.5 Å². The van der Waals surface area contributed by atoms with E-state index in [2.05, 4.69) is 41.5 Å². The maximum absolute atomic E-state index is 13.3. The van der Waals surface area contributed by atoms with Crippen LogP contribution >= 0.6 is 0 Å². The van der Waals surface area contributed by atoms with E-state index in [1.54, 1.807) is 7.05 Å². The molecule has 1 unspecified atom stereocenters. The summed E-state index contributed by atoms with van der Waals surface area (Å²) in [5.74, 6) is 1.25. The topological polar surface area (TPSA) is 145 Å². The number of carbonyl (C=O) groups excluding carboxylic acids is 1. The fourth-order valence-corrected chi connectivity index (χ4v) is 12.1. The van der Waals surface area contributed by atoms with Gasteiger partial charge in [0.05, 0.1) is 37.9 Å². The van der Waals surface area contributed by atoms with Crippen LogP contribution in [0.1, 0.15) is 64.7 Å². The van der Waals surface area contributed by atoms with Crippen molar-refractivity contribution in [3.05, 3.63) is 35.5 Å². The van der Waals surface area contributed by atoms with Gasteiger partial charge in [0.25, 0.3) is 5.96 Å². The molecule has 9 heteroatoms. The first-order chi connectivity index (χ1) is 21.2. The van der Waals surface area contributed by atoms with Gasteiger partial charge >= 0.3 is 0 Å². The average molecular weight is 609 g/mol. The monoisotopic (exact) mass is 608 g/mol. The number of aliphatic hydroxyl groups excluding tert-OH is 1. The number of piperidine rings is 1. The number of likely N-dealkylation sites (tertiary alicyclic amines) is 1. The van der Waals surface area contributed by atoms with Gasteiger partial charge in [-0.05, 0) is 87.5 Å². The summed E-state index contributed by atoms with van der Waals surface area (Å²) >= 11 is 0. The molecule has 2 spiro atoms. The minimum Gasteiger partial charge on any atom is -0.545 e. The molecule has 2 saturated heterocycles. The number of quaternary nitrogens is 1. The predicted octanol–water partition coefficient (Wildman–Crippen LogP) is 0.338. The maximum Gasteiger partial charge on any atom is 0.293 e. The van der Waals surface area contributed by atoms with E-state index in [0.717, 1.165) is 63.7 Å². The highest BCUT2D eigenvalue weighted by Crippen LogP contribution is 2.77. The third-order valence-electron chi connectivity index (χ3n) is 13.8. The van der Waals surface area contributed by atoms with E-state index in [4.69, 9.17) is 10.5 Å². The van der Waals surface area contributed by atoms with Gasteiger partial charge in [-0.1, -0.05) is 36.8 Å². The maximum atomic E-state index is 13.3. The van der Waals surface area contributed by atoms with E-state index < -0.39 is 23.1 Å². The van der Waals surface area contributed by atoms with Gasteiger partial charge in [0.1, 0.15) is 5.60 Å². The molecule has 2 aliphatic heterocycles. The Morgan fingerprint density at radius 1 is 1.18 bits per heavy atom. The van der Waals surface area contributed by atoms with Crippen molar-refractivity contribution < 1.29 is 29.8 Å². The van der Waals surface area contributed by atoms with E-state index in [9.17, 15) is 20.1 Å². The number of aliphatic imine (C=N–C) groups is 1. The number of nitrogens with two attached hydrogens (primary N) is 1. The molecule has 0 aromatic heterocycles. The van der Waals surface area contributed by atoms with Crippen LogP contribution in [0.25, 0.3) is 0 Å². The van der Waals surface area contributed by atoms with Crippen molar-refractivity contribution in [1.82, 2.24) is 5.32 Å². The van der Waals surface area contributed by atoms with Gasteiger partial charge in [0.2, 0.25) is 0 Å². The zero-order valence-electron chi connectivity index (χ0n) is 26.5. The first kappa shape index (κ1) is 30.6. The van der Waals surface area contributed by atoms with Crippen LogP contribution in [0.3, 0.4) is 0 Å². The van der Waals surface area contributed by atoms with Crippen LogP contribution < -0.4 is 21.1 Å². The first-order valence-corrected chi connectivity index (χ1v) is 17.3.